The fourth-order valence-corrected chi connectivity index (χ4v) is 3.05. The van der Waals surface area contributed by atoms with Crippen molar-refractivity contribution in [1.82, 2.24) is 15.3 Å². The Morgan fingerprint density at radius 1 is 1.36 bits per heavy atom. The number of hydrogen-bond acceptors (Lipinski definition) is 3. The normalized spacial score (nSPS) is 18.3. The van der Waals surface area contributed by atoms with Crippen LogP contribution in [0.25, 0.3) is 10.9 Å². The summed E-state index contributed by atoms with van der Waals surface area (Å²) < 4.78 is 5.11. The number of hydrogen-bond donors (Lipinski definition) is 2. The second-order valence-electron chi connectivity index (χ2n) is 6.91. The Labute approximate surface area is 130 Å². The van der Waals surface area contributed by atoms with E-state index in [2.05, 4.69) is 29.1 Å². The number of aromatic nitrogens is 2. The van der Waals surface area contributed by atoms with Gasteiger partial charge in [0.05, 0.1) is 18.8 Å². The number of methoxy groups -OCH3 is 1. The second kappa shape index (κ2) is 5.63. The van der Waals surface area contributed by atoms with Gasteiger partial charge in [-0.1, -0.05) is 13.8 Å². The van der Waals surface area contributed by atoms with Crippen molar-refractivity contribution in [3.8, 4) is 5.88 Å². The van der Waals surface area contributed by atoms with Gasteiger partial charge in [0.2, 0.25) is 5.88 Å². The number of fused-ring (bicyclic) bond motifs is 1. The average molecular weight is 301 g/mol. The van der Waals surface area contributed by atoms with Gasteiger partial charge in [0.25, 0.3) is 5.91 Å². The Balaban J connectivity index is 1.70. The zero-order valence-corrected chi connectivity index (χ0v) is 13.4. The average Bonchev–Trinajstić information content (AvgIpc) is 2.92. The zero-order valence-electron chi connectivity index (χ0n) is 13.4. The van der Waals surface area contributed by atoms with Crippen LogP contribution in [0, 0.1) is 5.41 Å². The maximum Gasteiger partial charge on any atom is 0.267 e. The highest BCUT2D eigenvalue weighted by molar-refractivity contribution is 5.98. The number of carbonyl (C=O) groups is 1. The number of nitrogens with one attached hydrogen (secondary N) is 2. The van der Waals surface area contributed by atoms with Gasteiger partial charge in [-0.25, -0.2) is 4.98 Å². The summed E-state index contributed by atoms with van der Waals surface area (Å²) in [5.74, 6) is 0.507. The largest absolute Gasteiger partial charge is 0.481 e. The van der Waals surface area contributed by atoms with Crippen LogP contribution >= 0.6 is 0 Å². The van der Waals surface area contributed by atoms with Crippen LogP contribution in [0.1, 0.15) is 50.0 Å². The highest BCUT2D eigenvalue weighted by atomic mass is 16.5. The second-order valence-corrected chi connectivity index (χ2v) is 6.91. The van der Waals surface area contributed by atoms with Gasteiger partial charge in [-0.2, -0.15) is 0 Å². The third-order valence-electron chi connectivity index (χ3n) is 4.61. The molecule has 0 aromatic carbocycles. The maximum atomic E-state index is 12.4. The minimum atomic E-state index is -0.0418. The van der Waals surface area contributed by atoms with E-state index in [1.807, 2.05) is 12.1 Å². The standard InChI is InChI=1S/C17H23N3O2/c1-17(2)6-4-12(5-7-17)19-16(21)13-8-11-9-15(22-3)18-10-14(11)20-13/h8-10,12,20H,4-7H2,1-3H3,(H,19,21). The molecule has 1 amide bonds. The molecule has 5 nitrogen and oxygen atoms in total. The number of nitrogens with zero attached hydrogens (tertiary/aromatic N) is 1. The lowest BCUT2D eigenvalue weighted by Crippen LogP contribution is -2.39. The van der Waals surface area contributed by atoms with E-state index in [0.717, 1.165) is 36.6 Å². The van der Waals surface area contributed by atoms with Crippen LogP contribution < -0.4 is 10.1 Å². The van der Waals surface area contributed by atoms with Crippen molar-refractivity contribution in [3.05, 3.63) is 24.0 Å². The van der Waals surface area contributed by atoms with Crippen LogP contribution in [-0.4, -0.2) is 29.0 Å². The molecule has 2 N–H and O–H groups in total. The van der Waals surface area contributed by atoms with E-state index in [1.165, 1.54) is 0 Å². The smallest absolute Gasteiger partial charge is 0.267 e. The van der Waals surface area contributed by atoms with Gasteiger partial charge in [-0.3, -0.25) is 4.79 Å². The lowest BCUT2D eigenvalue weighted by Gasteiger charge is -2.34. The zero-order chi connectivity index (χ0) is 15.7. The Hall–Kier alpha value is -2.04. The van der Waals surface area contributed by atoms with E-state index < -0.39 is 0 Å². The molecule has 1 saturated carbocycles. The molecule has 0 unspecified atom stereocenters. The number of amides is 1. The first-order chi connectivity index (χ1) is 10.5. The van der Waals surface area contributed by atoms with Crippen molar-refractivity contribution in [2.45, 2.75) is 45.6 Å². The molecule has 0 saturated heterocycles. The topological polar surface area (TPSA) is 67.0 Å². The quantitative estimate of drug-likeness (QED) is 0.914. The molecule has 22 heavy (non-hydrogen) atoms. The maximum absolute atomic E-state index is 12.4. The summed E-state index contributed by atoms with van der Waals surface area (Å²) in [7, 11) is 1.58. The Morgan fingerprint density at radius 3 is 2.77 bits per heavy atom. The molecule has 5 heteroatoms. The molecule has 0 bridgehead atoms. The number of rotatable bonds is 3. The lowest BCUT2D eigenvalue weighted by atomic mass is 9.75. The molecule has 1 fully saturated rings. The molecule has 1 aliphatic carbocycles. The van der Waals surface area contributed by atoms with Gasteiger partial charge >= 0.3 is 0 Å². The van der Waals surface area contributed by atoms with Crippen molar-refractivity contribution in [2.75, 3.05) is 7.11 Å². The van der Waals surface area contributed by atoms with Crippen molar-refractivity contribution in [1.29, 1.82) is 0 Å². The van der Waals surface area contributed by atoms with Crippen molar-refractivity contribution < 1.29 is 9.53 Å². The van der Waals surface area contributed by atoms with Gasteiger partial charge in [0.15, 0.2) is 0 Å². The van der Waals surface area contributed by atoms with Gasteiger partial charge in [-0.05, 0) is 37.2 Å². The number of ether oxygens (including phenoxy) is 1. The van der Waals surface area contributed by atoms with Gasteiger partial charge < -0.3 is 15.0 Å². The van der Waals surface area contributed by atoms with E-state index in [-0.39, 0.29) is 11.9 Å². The van der Waals surface area contributed by atoms with Crippen molar-refractivity contribution in [3.63, 3.8) is 0 Å². The molecule has 2 aromatic rings. The third-order valence-corrected chi connectivity index (χ3v) is 4.61. The number of carbonyl (C=O) groups excluding carboxylic acids is 1. The summed E-state index contributed by atoms with van der Waals surface area (Å²) in [5, 5.41) is 4.07. The van der Waals surface area contributed by atoms with Crippen LogP contribution in [0.4, 0.5) is 0 Å². The van der Waals surface area contributed by atoms with Crippen LogP contribution in [0.5, 0.6) is 5.88 Å². The molecular weight excluding hydrogens is 278 g/mol. The molecule has 3 rings (SSSR count). The molecule has 2 aromatic heterocycles. The van der Waals surface area contributed by atoms with Gasteiger partial charge in [0, 0.05) is 17.5 Å². The fraction of sp³-hybridized carbons (Fsp3) is 0.529. The first-order valence-electron chi connectivity index (χ1n) is 7.80. The monoisotopic (exact) mass is 301 g/mol. The Kier molecular flexibility index (Phi) is 3.81. The molecule has 1 aliphatic rings. The lowest BCUT2D eigenvalue weighted by molar-refractivity contribution is 0.0905. The SMILES string of the molecule is COc1cc2cc(C(=O)NC3CCC(C)(C)CC3)[nH]c2cn1. The van der Waals surface area contributed by atoms with Crippen LogP contribution in [-0.2, 0) is 0 Å². The summed E-state index contributed by atoms with van der Waals surface area (Å²) in [6.07, 6.45) is 6.11. The molecule has 0 atom stereocenters. The van der Waals surface area contributed by atoms with Gasteiger partial charge in [0.1, 0.15) is 5.69 Å². The fourth-order valence-electron chi connectivity index (χ4n) is 3.05. The molecular formula is C17H23N3O2. The summed E-state index contributed by atoms with van der Waals surface area (Å²) in [6.45, 7) is 4.59. The molecule has 2 heterocycles. The number of H-pyrrole nitrogens is 1. The molecule has 118 valence electrons. The van der Waals surface area contributed by atoms with E-state index in [4.69, 9.17) is 4.74 Å². The molecule has 0 spiro atoms. The van der Waals surface area contributed by atoms with E-state index in [9.17, 15) is 4.79 Å². The number of pyridine rings is 1. The highest BCUT2D eigenvalue weighted by Gasteiger charge is 2.27. The molecule has 0 radical (unpaired) electrons. The summed E-state index contributed by atoms with van der Waals surface area (Å²) in [6, 6.07) is 3.95. The van der Waals surface area contributed by atoms with E-state index >= 15 is 0 Å². The van der Waals surface area contributed by atoms with Crippen LogP contribution in [0.2, 0.25) is 0 Å². The summed E-state index contributed by atoms with van der Waals surface area (Å²) in [5.41, 5.74) is 1.83. The van der Waals surface area contributed by atoms with Gasteiger partial charge in [-0.15, -0.1) is 0 Å². The third kappa shape index (κ3) is 3.08. The predicted octanol–water partition coefficient (Wildman–Crippen LogP) is 3.27. The first-order valence-corrected chi connectivity index (χ1v) is 7.80. The van der Waals surface area contributed by atoms with Crippen LogP contribution in [0.15, 0.2) is 18.3 Å². The highest BCUT2D eigenvalue weighted by Crippen LogP contribution is 2.35. The Bertz CT molecular complexity index is 680. The van der Waals surface area contributed by atoms with Crippen molar-refractivity contribution in [2.24, 2.45) is 5.41 Å². The predicted molar refractivity (Wildman–Crippen MR) is 86.1 cm³/mol. The molecule has 0 aliphatic heterocycles. The summed E-state index contributed by atoms with van der Waals surface area (Å²) >= 11 is 0. The van der Waals surface area contributed by atoms with E-state index in [1.54, 1.807) is 13.3 Å². The van der Waals surface area contributed by atoms with Crippen molar-refractivity contribution >= 4 is 16.8 Å². The minimum absolute atomic E-state index is 0.0418. The number of aromatic amines is 1. The van der Waals surface area contributed by atoms with Crippen LogP contribution in [0.3, 0.4) is 0 Å². The Morgan fingerprint density at radius 2 is 2.09 bits per heavy atom. The minimum Gasteiger partial charge on any atom is -0.481 e. The first kappa shape index (κ1) is 14.9. The van der Waals surface area contributed by atoms with E-state index in [0.29, 0.717) is 17.0 Å². The summed E-state index contributed by atoms with van der Waals surface area (Å²) in [4.78, 5) is 19.7.